The second-order valence-electron chi connectivity index (χ2n) is 5.31. The van der Waals surface area contributed by atoms with Crippen LogP contribution in [0.4, 0.5) is 5.69 Å². The molecule has 6 heteroatoms. The number of nitrogens with zero attached hydrogens (tertiary/aromatic N) is 1. The summed E-state index contributed by atoms with van der Waals surface area (Å²) in [5.41, 5.74) is 0.764. The van der Waals surface area contributed by atoms with E-state index in [4.69, 9.17) is 32.7 Å². The average Bonchev–Trinajstić information content (AvgIpc) is 3.27. The molecule has 2 aromatic heterocycles. The SMILES string of the molecule is C[C@@H](c1ccco1)N(Cc1ccco1)C(=S)Nc1ccccc1Cl. The smallest absolute Gasteiger partial charge is 0.174 e. The van der Waals surface area contributed by atoms with Crippen molar-refractivity contribution in [2.45, 2.75) is 19.5 Å². The van der Waals surface area contributed by atoms with Gasteiger partial charge in [0.2, 0.25) is 0 Å². The van der Waals surface area contributed by atoms with Crippen molar-refractivity contribution in [3.05, 3.63) is 77.6 Å². The van der Waals surface area contributed by atoms with E-state index in [0.29, 0.717) is 16.7 Å². The highest BCUT2D eigenvalue weighted by atomic mass is 35.5. The summed E-state index contributed by atoms with van der Waals surface area (Å²) < 4.78 is 11.0. The molecule has 0 spiro atoms. The van der Waals surface area contributed by atoms with Gasteiger partial charge in [-0.1, -0.05) is 23.7 Å². The number of hydrogen-bond donors (Lipinski definition) is 1. The molecule has 0 aliphatic heterocycles. The Bertz CT molecular complexity index is 787. The van der Waals surface area contributed by atoms with Crippen LogP contribution in [0.3, 0.4) is 0 Å². The summed E-state index contributed by atoms with van der Waals surface area (Å²) in [5.74, 6) is 1.64. The van der Waals surface area contributed by atoms with E-state index in [1.807, 2.05) is 60.4 Å². The zero-order valence-corrected chi connectivity index (χ0v) is 14.7. The topological polar surface area (TPSA) is 41.6 Å². The number of benzene rings is 1. The molecule has 124 valence electrons. The van der Waals surface area contributed by atoms with Crippen molar-refractivity contribution >= 4 is 34.6 Å². The van der Waals surface area contributed by atoms with E-state index < -0.39 is 0 Å². The molecule has 0 fully saturated rings. The summed E-state index contributed by atoms with van der Waals surface area (Å²) in [7, 11) is 0. The highest BCUT2D eigenvalue weighted by molar-refractivity contribution is 7.80. The zero-order chi connectivity index (χ0) is 16.9. The Balaban J connectivity index is 1.83. The molecule has 0 saturated heterocycles. The van der Waals surface area contributed by atoms with Gasteiger partial charge in [-0.2, -0.15) is 0 Å². The number of rotatable bonds is 5. The molecule has 0 amide bonds. The van der Waals surface area contributed by atoms with Crippen molar-refractivity contribution < 1.29 is 8.83 Å². The van der Waals surface area contributed by atoms with E-state index in [1.54, 1.807) is 12.5 Å². The summed E-state index contributed by atoms with van der Waals surface area (Å²) >= 11 is 11.8. The van der Waals surface area contributed by atoms with Gasteiger partial charge in [0.1, 0.15) is 11.5 Å². The molecular weight excluding hydrogens is 344 g/mol. The number of para-hydroxylation sites is 1. The minimum Gasteiger partial charge on any atom is -0.467 e. The Kier molecular flexibility index (Phi) is 5.23. The van der Waals surface area contributed by atoms with Gasteiger partial charge in [0.25, 0.3) is 0 Å². The molecule has 24 heavy (non-hydrogen) atoms. The van der Waals surface area contributed by atoms with Gasteiger partial charge in [0.05, 0.1) is 35.8 Å². The molecule has 0 aliphatic carbocycles. The summed E-state index contributed by atoms with van der Waals surface area (Å²) in [6.07, 6.45) is 3.30. The van der Waals surface area contributed by atoms with E-state index in [2.05, 4.69) is 5.32 Å². The van der Waals surface area contributed by atoms with Gasteiger partial charge in [0, 0.05) is 0 Å². The minimum absolute atomic E-state index is 0.0624. The second kappa shape index (κ2) is 7.55. The van der Waals surface area contributed by atoms with Crippen LogP contribution in [0, 0.1) is 0 Å². The normalized spacial score (nSPS) is 11.9. The third kappa shape index (κ3) is 3.80. The highest BCUT2D eigenvalue weighted by Gasteiger charge is 2.22. The monoisotopic (exact) mass is 360 g/mol. The lowest BCUT2D eigenvalue weighted by Crippen LogP contribution is -2.36. The number of anilines is 1. The maximum atomic E-state index is 6.22. The highest BCUT2D eigenvalue weighted by Crippen LogP contribution is 2.26. The summed E-state index contributed by atoms with van der Waals surface area (Å²) in [5, 5.41) is 4.37. The van der Waals surface area contributed by atoms with Gasteiger partial charge in [-0.05, 0) is 55.5 Å². The lowest BCUT2D eigenvalue weighted by atomic mass is 10.2. The van der Waals surface area contributed by atoms with Crippen molar-refractivity contribution in [3.8, 4) is 0 Å². The molecule has 1 aromatic carbocycles. The fourth-order valence-electron chi connectivity index (χ4n) is 2.39. The number of thiocarbonyl (C=S) groups is 1. The number of hydrogen-bond acceptors (Lipinski definition) is 3. The second-order valence-corrected chi connectivity index (χ2v) is 6.10. The maximum Gasteiger partial charge on any atom is 0.174 e. The molecule has 1 N–H and O–H groups in total. The number of nitrogens with one attached hydrogen (secondary N) is 1. The van der Waals surface area contributed by atoms with Gasteiger partial charge in [0.15, 0.2) is 5.11 Å². The first-order chi connectivity index (χ1) is 11.6. The lowest BCUT2D eigenvalue weighted by molar-refractivity contribution is 0.269. The number of furan rings is 2. The predicted octanol–water partition coefficient (Wildman–Crippen LogP) is 5.49. The molecule has 3 rings (SSSR count). The van der Waals surface area contributed by atoms with Crippen molar-refractivity contribution in [1.82, 2.24) is 4.90 Å². The fraction of sp³-hybridized carbons (Fsp3) is 0.167. The molecule has 4 nitrogen and oxygen atoms in total. The van der Waals surface area contributed by atoms with Crippen LogP contribution >= 0.6 is 23.8 Å². The van der Waals surface area contributed by atoms with Crippen LogP contribution in [0.2, 0.25) is 5.02 Å². The van der Waals surface area contributed by atoms with Crippen molar-refractivity contribution in [1.29, 1.82) is 0 Å². The van der Waals surface area contributed by atoms with E-state index in [1.165, 1.54) is 0 Å². The molecule has 0 saturated carbocycles. The first-order valence-corrected chi connectivity index (χ1v) is 8.31. The van der Waals surface area contributed by atoms with Crippen LogP contribution in [0.1, 0.15) is 24.5 Å². The first kappa shape index (κ1) is 16.6. The Labute approximate surface area is 151 Å². The predicted molar refractivity (Wildman–Crippen MR) is 99.0 cm³/mol. The Morgan fingerprint density at radius 1 is 1.12 bits per heavy atom. The van der Waals surface area contributed by atoms with Crippen molar-refractivity contribution in [2.75, 3.05) is 5.32 Å². The molecule has 0 unspecified atom stereocenters. The Morgan fingerprint density at radius 3 is 2.54 bits per heavy atom. The van der Waals surface area contributed by atoms with Crippen molar-refractivity contribution in [3.63, 3.8) is 0 Å². The van der Waals surface area contributed by atoms with Gasteiger partial charge in [-0.25, -0.2) is 0 Å². The largest absolute Gasteiger partial charge is 0.467 e. The van der Waals surface area contributed by atoms with Crippen LogP contribution in [0.25, 0.3) is 0 Å². The van der Waals surface area contributed by atoms with Crippen molar-refractivity contribution in [2.24, 2.45) is 0 Å². The average molecular weight is 361 g/mol. The van der Waals surface area contributed by atoms with Crippen LogP contribution in [-0.2, 0) is 6.54 Å². The molecule has 2 heterocycles. The third-order valence-electron chi connectivity index (χ3n) is 3.71. The van der Waals surface area contributed by atoms with Crippen LogP contribution in [-0.4, -0.2) is 10.0 Å². The molecule has 0 aliphatic rings. The van der Waals surface area contributed by atoms with Gasteiger partial charge >= 0.3 is 0 Å². The molecule has 1 atom stereocenters. The van der Waals surface area contributed by atoms with E-state index in [0.717, 1.165) is 17.2 Å². The van der Waals surface area contributed by atoms with E-state index in [9.17, 15) is 0 Å². The van der Waals surface area contributed by atoms with Crippen LogP contribution in [0.5, 0.6) is 0 Å². The van der Waals surface area contributed by atoms with E-state index in [-0.39, 0.29) is 6.04 Å². The fourth-order valence-corrected chi connectivity index (χ4v) is 2.90. The quantitative estimate of drug-likeness (QED) is 0.609. The summed E-state index contributed by atoms with van der Waals surface area (Å²) in [4.78, 5) is 2.00. The number of halogens is 1. The third-order valence-corrected chi connectivity index (χ3v) is 4.37. The van der Waals surface area contributed by atoms with Gasteiger partial charge in [-0.15, -0.1) is 0 Å². The molecule has 3 aromatic rings. The minimum atomic E-state index is -0.0624. The van der Waals surface area contributed by atoms with Gasteiger partial charge < -0.3 is 19.1 Å². The zero-order valence-electron chi connectivity index (χ0n) is 13.1. The molecular formula is C18H17ClN2O2S. The Hall–Kier alpha value is -2.24. The van der Waals surface area contributed by atoms with Gasteiger partial charge in [-0.3, -0.25) is 0 Å². The first-order valence-electron chi connectivity index (χ1n) is 7.53. The summed E-state index contributed by atoms with van der Waals surface area (Å²) in [6.45, 7) is 2.55. The molecule has 0 radical (unpaired) electrons. The van der Waals surface area contributed by atoms with Crippen LogP contribution < -0.4 is 5.32 Å². The summed E-state index contributed by atoms with van der Waals surface area (Å²) in [6, 6.07) is 15.0. The van der Waals surface area contributed by atoms with E-state index >= 15 is 0 Å². The van der Waals surface area contributed by atoms with Crippen LogP contribution in [0.15, 0.2) is 69.9 Å². The maximum absolute atomic E-state index is 6.22. The lowest BCUT2D eigenvalue weighted by Gasteiger charge is -2.30. The standard InChI is InChI=1S/C18H17ClN2O2S/c1-13(17-9-5-11-23-17)21(12-14-6-4-10-22-14)18(24)20-16-8-3-2-7-15(16)19/h2-11,13H,12H2,1H3,(H,20,24)/t13-/m0/s1. The Morgan fingerprint density at radius 2 is 1.88 bits per heavy atom. The molecule has 0 bridgehead atoms.